The molecule has 2 atom stereocenters. The maximum atomic E-state index is 12.5. The van der Waals surface area contributed by atoms with Crippen LogP contribution in [0, 0.1) is 0 Å². The predicted octanol–water partition coefficient (Wildman–Crippen LogP) is 3.68. The van der Waals surface area contributed by atoms with Crippen LogP contribution in [0.15, 0.2) is 72.8 Å². The zero-order valence-corrected chi connectivity index (χ0v) is 16.6. The number of aryl methyl sites for hydroxylation is 1. The molecule has 0 aromatic heterocycles. The molecule has 30 heavy (non-hydrogen) atoms. The molecular weight excluding hydrogens is 378 g/mol. The van der Waals surface area contributed by atoms with Crippen molar-refractivity contribution < 1.29 is 19.7 Å². The summed E-state index contributed by atoms with van der Waals surface area (Å²) in [5.74, 6) is 0.496. The minimum absolute atomic E-state index is 0.0603. The van der Waals surface area contributed by atoms with Crippen molar-refractivity contribution in [1.82, 2.24) is 5.32 Å². The van der Waals surface area contributed by atoms with Crippen LogP contribution in [0.2, 0.25) is 0 Å². The van der Waals surface area contributed by atoms with Crippen LogP contribution in [0.3, 0.4) is 0 Å². The molecule has 0 saturated heterocycles. The largest absolute Gasteiger partial charge is 0.508 e. The second kappa shape index (κ2) is 9.01. The van der Waals surface area contributed by atoms with Crippen molar-refractivity contribution in [3.8, 4) is 11.5 Å². The number of fused-ring (bicyclic) bond motifs is 1. The highest BCUT2D eigenvalue weighted by atomic mass is 16.5. The van der Waals surface area contributed by atoms with E-state index in [1.54, 1.807) is 36.4 Å². The lowest BCUT2D eigenvalue weighted by molar-refractivity contribution is -0.130. The van der Waals surface area contributed by atoms with E-state index in [9.17, 15) is 15.0 Å². The van der Waals surface area contributed by atoms with E-state index in [1.807, 2.05) is 36.4 Å². The van der Waals surface area contributed by atoms with Crippen LogP contribution >= 0.6 is 0 Å². The Balaban J connectivity index is 1.32. The van der Waals surface area contributed by atoms with Gasteiger partial charge in [0.05, 0.1) is 0 Å². The van der Waals surface area contributed by atoms with Crippen LogP contribution in [0.25, 0.3) is 0 Å². The molecule has 0 heterocycles. The highest BCUT2D eigenvalue weighted by Crippen LogP contribution is 2.26. The number of amides is 1. The van der Waals surface area contributed by atoms with Gasteiger partial charge < -0.3 is 20.3 Å². The first-order valence-corrected chi connectivity index (χ1v) is 10.1. The third-order valence-electron chi connectivity index (χ3n) is 5.46. The highest BCUT2D eigenvalue weighted by molar-refractivity contribution is 5.82. The van der Waals surface area contributed by atoms with E-state index in [4.69, 9.17) is 4.74 Å². The topological polar surface area (TPSA) is 78.8 Å². The number of aliphatic hydroxyl groups excluding tert-OH is 1. The van der Waals surface area contributed by atoms with E-state index in [0.29, 0.717) is 24.3 Å². The number of aromatic hydroxyl groups is 1. The van der Waals surface area contributed by atoms with E-state index in [0.717, 1.165) is 24.0 Å². The van der Waals surface area contributed by atoms with E-state index >= 15 is 0 Å². The summed E-state index contributed by atoms with van der Waals surface area (Å²) in [6, 6.07) is 22.1. The van der Waals surface area contributed by atoms with E-state index in [1.165, 1.54) is 5.56 Å². The predicted molar refractivity (Wildman–Crippen MR) is 114 cm³/mol. The third-order valence-corrected chi connectivity index (χ3v) is 5.46. The average molecular weight is 403 g/mol. The number of benzene rings is 3. The molecule has 1 aliphatic rings. The van der Waals surface area contributed by atoms with Crippen LogP contribution in [0.1, 0.15) is 34.8 Å². The first-order valence-electron chi connectivity index (χ1n) is 10.1. The Morgan fingerprint density at radius 2 is 1.80 bits per heavy atom. The molecule has 154 valence electrons. The summed E-state index contributed by atoms with van der Waals surface area (Å²) in [6.45, 7) is 0.460. The van der Waals surface area contributed by atoms with E-state index < -0.39 is 12.0 Å². The molecule has 0 aliphatic heterocycles. The lowest BCUT2D eigenvalue weighted by Gasteiger charge is -2.26. The molecule has 1 aliphatic carbocycles. The number of hydrogen-bond donors (Lipinski definition) is 3. The van der Waals surface area contributed by atoms with Crippen LogP contribution in [-0.4, -0.2) is 22.2 Å². The van der Waals surface area contributed by atoms with Gasteiger partial charge in [-0.05, 0) is 65.8 Å². The minimum atomic E-state index is -1.24. The lowest BCUT2D eigenvalue weighted by atomic mass is 9.88. The summed E-state index contributed by atoms with van der Waals surface area (Å²) < 4.78 is 5.75. The zero-order valence-electron chi connectivity index (χ0n) is 16.6. The maximum absolute atomic E-state index is 12.5. The molecule has 3 aromatic carbocycles. The first-order chi connectivity index (χ1) is 14.6. The molecule has 0 radical (unpaired) electrons. The van der Waals surface area contributed by atoms with Crippen molar-refractivity contribution in [1.29, 1.82) is 0 Å². The number of hydrogen-bond acceptors (Lipinski definition) is 4. The van der Waals surface area contributed by atoms with Crippen molar-refractivity contribution in [3.63, 3.8) is 0 Å². The highest BCUT2D eigenvalue weighted by Gasteiger charge is 2.24. The molecule has 4 rings (SSSR count). The molecule has 5 nitrogen and oxygen atoms in total. The molecule has 3 aromatic rings. The van der Waals surface area contributed by atoms with Gasteiger partial charge in [0, 0.05) is 6.04 Å². The van der Waals surface area contributed by atoms with Crippen molar-refractivity contribution in [2.45, 2.75) is 38.0 Å². The monoisotopic (exact) mass is 403 g/mol. The quantitative estimate of drug-likeness (QED) is 0.587. The Labute approximate surface area is 176 Å². The molecule has 5 heteroatoms. The summed E-state index contributed by atoms with van der Waals surface area (Å²) in [6.07, 6.45) is 1.06. The Hall–Kier alpha value is -3.31. The van der Waals surface area contributed by atoms with E-state index in [-0.39, 0.29) is 11.8 Å². The van der Waals surface area contributed by atoms with Gasteiger partial charge in [-0.2, -0.15) is 0 Å². The number of phenols is 1. The smallest absolute Gasteiger partial charge is 0.253 e. The average Bonchev–Trinajstić information content (AvgIpc) is 2.78. The standard InChI is InChI=1S/C25H25NO4/c27-22-11-7-18-6-10-21(14-20(18)15-22)26-25(29)24(28)19-8-12-23(13-9-19)30-16-17-4-2-1-3-5-17/h1-5,7-9,11-13,15,21,24,27-28H,6,10,14,16H2,(H,26,29)/t21-,24+/m0/s1. The van der Waals surface area contributed by atoms with Gasteiger partial charge in [0.15, 0.2) is 6.10 Å². The van der Waals surface area contributed by atoms with Crippen molar-refractivity contribution in [3.05, 3.63) is 95.1 Å². The van der Waals surface area contributed by atoms with Gasteiger partial charge in [-0.15, -0.1) is 0 Å². The molecular formula is C25H25NO4. The minimum Gasteiger partial charge on any atom is -0.508 e. The SMILES string of the molecule is O=C(N[C@H]1CCc2ccc(O)cc2C1)[C@H](O)c1ccc(OCc2ccccc2)cc1. The Kier molecular flexibility index (Phi) is 6.00. The van der Waals surface area contributed by atoms with Crippen molar-refractivity contribution in [2.24, 2.45) is 0 Å². The summed E-state index contributed by atoms with van der Waals surface area (Å²) >= 11 is 0. The second-order valence-corrected chi connectivity index (χ2v) is 7.65. The molecule has 0 spiro atoms. The summed E-state index contributed by atoms with van der Waals surface area (Å²) in [4.78, 5) is 12.5. The molecule has 0 bridgehead atoms. The zero-order chi connectivity index (χ0) is 20.9. The Bertz CT molecular complexity index is 1000. The van der Waals surface area contributed by atoms with Gasteiger partial charge in [0.1, 0.15) is 18.1 Å². The number of ether oxygens (including phenoxy) is 1. The van der Waals surface area contributed by atoms with Crippen LogP contribution in [0.4, 0.5) is 0 Å². The fourth-order valence-electron chi connectivity index (χ4n) is 3.79. The first kappa shape index (κ1) is 20.0. The number of phenolic OH excluding ortho intramolecular Hbond substituents is 1. The van der Waals surface area contributed by atoms with Crippen molar-refractivity contribution in [2.75, 3.05) is 0 Å². The van der Waals surface area contributed by atoms with Gasteiger partial charge in [0.25, 0.3) is 5.91 Å². The molecule has 3 N–H and O–H groups in total. The molecule has 0 saturated carbocycles. The van der Waals surface area contributed by atoms with Gasteiger partial charge in [-0.1, -0.05) is 48.5 Å². The number of carbonyl (C=O) groups excluding carboxylic acids is 1. The van der Waals surface area contributed by atoms with Crippen LogP contribution in [0.5, 0.6) is 11.5 Å². The number of nitrogens with one attached hydrogen (secondary N) is 1. The van der Waals surface area contributed by atoms with Crippen molar-refractivity contribution >= 4 is 5.91 Å². The van der Waals surface area contributed by atoms with Gasteiger partial charge in [-0.3, -0.25) is 4.79 Å². The fourth-order valence-corrected chi connectivity index (χ4v) is 3.79. The van der Waals surface area contributed by atoms with Gasteiger partial charge in [0.2, 0.25) is 0 Å². The second-order valence-electron chi connectivity index (χ2n) is 7.65. The fraction of sp³-hybridized carbons (Fsp3) is 0.240. The van der Waals surface area contributed by atoms with E-state index in [2.05, 4.69) is 5.32 Å². The number of aliphatic hydroxyl groups is 1. The molecule has 0 unspecified atom stereocenters. The summed E-state index contributed by atoms with van der Waals surface area (Å²) in [5.41, 5.74) is 3.84. The Morgan fingerprint density at radius 1 is 1.03 bits per heavy atom. The van der Waals surface area contributed by atoms with Gasteiger partial charge in [-0.25, -0.2) is 0 Å². The maximum Gasteiger partial charge on any atom is 0.253 e. The molecule has 1 amide bonds. The van der Waals surface area contributed by atoms with Crippen LogP contribution in [-0.2, 0) is 24.2 Å². The summed E-state index contributed by atoms with van der Waals surface area (Å²) in [5, 5.41) is 23.1. The number of rotatable bonds is 6. The normalized spacial score (nSPS) is 16.4. The molecule has 0 fully saturated rings. The van der Waals surface area contributed by atoms with Crippen LogP contribution < -0.4 is 10.1 Å². The number of carbonyl (C=O) groups is 1. The van der Waals surface area contributed by atoms with Gasteiger partial charge >= 0.3 is 0 Å². The Morgan fingerprint density at radius 3 is 2.57 bits per heavy atom. The lowest BCUT2D eigenvalue weighted by Crippen LogP contribution is -2.41. The third kappa shape index (κ3) is 4.81. The summed E-state index contributed by atoms with van der Waals surface area (Å²) in [7, 11) is 0.